The lowest BCUT2D eigenvalue weighted by atomic mass is 10.0. The van der Waals surface area contributed by atoms with Crippen molar-refractivity contribution >= 4 is 11.9 Å². The molecule has 0 saturated carbocycles. The maximum absolute atomic E-state index is 11.9. The second-order valence-corrected chi connectivity index (χ2v) is 9.55. The summed E-state index contributed by atoms with van der Waals surface area (Å²) in [6, 6.07) is 0.466. The second kappa shape index (κ2) is 26.5. The largest absolute Gasteiger partial charge is 0.466 e. The fourth-order valence-corrected chi connectivity index (χ4v) is 3.99. The molecule has 0 heterocycles. The van der Waals surface area contributed by atoms with Crippen LogP contribution in [-0.2, 0) is 19.1 Å². The van der Waals surface area contributed by atoms with E-state index in [4.69, 9.17) is 15.2 Å². The highest BCUT2D eigenvalue weighted by Gasteiger charge is 2.10. The molecule has 0 aliphatic rings. The van der Waals surface area contributed by atoms with E-state index in [2.05, 4.69) is 19.2 Å². The van der Waals surface area contributed by atoms with Gasteiger partial charge in [-0.1, -0.05) is 71.6 Å². The summed E-state index contributed by atoms with van der Waals surface area (Å²) in [5.74, 6) is -0.117. The minimum Gasteiger partial charge on any atom is -0.466 e. The van der Waals surface area contributed by atoms with Gasteiger partial charge in [0.25, 0.3) is 0 Å². The quantitative estimate of drug-likeness (QED) is 0.108. The Hall–Kier alpha value is -1.14. The van der Waals surface area contributed by atoms with Crippen LogP contribution in [0.4, 0.5) is 0 Å². The maximum atomic E-state index is 11.9. The zero-order valence-electron chi connectivity index (χ0n) is 22.6. The Labute approximate surface area is 210 Å². The third-order valence-electron chi connectivity index (χ3n) is 6.20. The predicted octanol–water partition coefficient (Wildman–Crippen LogP) is 6.44. The van der Waals surface area contributed by atoms with Crippen molar-refractivity contribution in [2.24, 2.45) is 5.73 Å². The van der Waals surface area contributed by atoms with Crippen LogP contribution >= 0.6 is 0 Å². The maximum Gasteiger partial charge on any atom is 0.305 e. The van der Waals surface area contributed by atoms with E-state index in [0.29, 0.717) is 32.1 Å². The summed E-state index contributed by atoms with van der Waals surface area (Å²) >= 11 is 0. The molecule has 34 heavy (non-hydrogen) atoms. The van der Waals surface area contributed by atoms with Crippen molar-refractivity contribution in [1.29, 1.82) is 0 Å². The van der Waals surface area contributed by atoms with Gasteiger partial charge in [-0.3, -0.25) is 9.59 Å². The van der Waals surface area contributed by atoms with Gasteiger partial charge in [0.1, 0.15) is 0 Å². The van der Waals surface area contributed by atoms with Gasteiger partial charge in [0.2, 0.25) is 0 Å². The first-order valence-corrected chi connectivity index (χ1v) is 14.4. The van der Waals surface area contributed by atoms with E-state index in [9.17, 15) is 9.59 Å². The van der Waals surface area contributed by atoms with Crippen molar-refractivity contribution in [2.75, 3.05) is 26.3 Å². The van der Waals surface area contributed by atoms with Crippen LogP contribution in [0.3, 0.4) is 0 Å². The molecule has 0 radical (unpaired) electrons. The van der Waals surface area contributed by atoms with E-state index in [0.717, 1.165) is 83.7 Å². The molecule has 0 aromatic rings. The number of unbranched alkanes of at least 4 members (excludes halogenated alkanes) is 10. The molecule has 0 aromatic carbocycles. The monoisotopic (exact) mass is 484 g/mol. The summed E-state index contributed by atoms with van der Waals surface area (Å²) in [6.07, 6.45) is 19.5. The Morgan fingerprint density at radius 2 is 1.15 bits per heavy atom. The number of nitrogens with one attached hydrogen (secondary N) is 1. The molecule has 0 bridgehead atoms. The molecule has 3 N–H and O–H groups in total. The van der Waals surface area contributed by atoms with E-state index in [-0.39, 0.29) is 11.9 Å². The lowest BCUT2D eigenvalue weighted by Gasteiger charge is -2.19. The molecule has 0 aliphatic carbocycles. The SMILES string of the molecule is CCCCCCOC(=O)CCCCNC(CCCCCN)CCCCC(=O)OCCCCCC. The van der Waals surface area contributed by atoms with E-state index in [1.807, 2.05) is 0 Å². The molecule has 0 aliphatic heterocycles. The van der Waals surface area contributed by atoms with Crippen molar-refractivity contribution in [1.82, 2.24) is 5.32 Å². The Morgan fingerprint density at radius 3 is 1.68 bits per heavy atom. The zero-order chi connectivity index (χ0) is 25.1. The van der Waals surface area contributed by atoms with Gasteiger partial charge in [0.05, 0.1) is 13.2 Å². The number of rotatable bonds is 26. The van der Waals surface area contributed by atoms with Crippen LogP contribution in [0, 0.1) is 0 Å². The average Bonchev–Trinajstić information content (AvgIpc) is 2.83. The summed E-state index contributed by atoms with van der Waals surface area (Å²) in [6.45, 7) is 7.17. The van der Waals surface area contributed by atoms with E-state index < -0.39 is 0 Å². The number of carbonyl (C=O) groups excluding carboxylic acids is 2. The first-order valence-electron chi connectivity index (χ1n) is 14.4. The fourth-order valence-electron chi connectivity index (χ4n) is 3.99. The van der Waals surface area contributed by atoms with Crippen LogP contribution in [0.1, 0.15) is 136 Å². The van der Waals surface area contributed by atoms with Crippen LogP contribution in [0.25, 0.3) is 0 Å². The van der Waals surface area contributed by atoms with Crippen molar-refractivity contribution in [2.45, 2.75) is 142 Å². The minimum atomic E-state index is -0.0629. The van der Waals surface area contributed by atoms with Gasteiger partial charge >= 0.3 is 11.9 Å². The Bertz CT molecular complexity index is 460. The molecule has 1 atom stereocenters. The van der Waals surface area contributed by atoms with Crippen LogP contribution in [0.15, 0.2) is 0 Å². The summed E-state index contributed by atoms with van der Waals surface area (Å²) < 4.78 is 10.6. The van der Waals surface area contributed by atoms with Gasteiger partial charge in [-0.2, -0.15) is 0 Å². The van der Waals surface area contributed by atoms with Crippen LogP contribution in [0.5, 0.6) is 0 Å². The van der Waals surface area contributed by atoms with Gasteiger partial charge < -0.3 is 20.5 Å². The molecule has 202 valence electrons. The highest BCUT2D eigenvalue weighted by atomic mass is 16.5. The number of hydrogen-bond acceptors (Lipinski definition) is 6. The third-order valence-corrected chi connectivity index (χ3v) is 6.20. The molecule has 6 nitrogen and oxygen atoms in total. The van der Waals surface area contributed by atoms with Gasteiger partial charge in [-0.15, -0.1) is 0 Å². The molecule has 0 saturated heterocycles. The molecule has 0 spiro atoms. The van der Waals surface area contributed by atoms with Crippen LogP contribution in [-0.4, -0.2) is 44.3 Å². The van der Waals surface area contributed by atoms with Crippen LogP contribution < -0.4 is 11.1 Å². The summed E-state index contributed by atoms with van der Waals surface area (Å²) in [5, 5.41) is 3.68. The van der Waals surface area contributed by atoms with Gasteiger partial charge in [0.15, 0.2) is 0 Å². The first-order chi connectivity index (χ1) is 16.6. The van der Waals surface area contributed by atoms with Crippen molar-refractivity contribution in [3.63, 3.8) is 0 Å². The Balaban J connectivity index is 3.93. The smallest absolute Gasteiger partial charge is 0.305 e. The third kappa shape index (κ3) is 24.0. The van der Waals surface area contributed by atoms with E-state index >= 15 is 0 Å². The Kier molecular flexibility index (Phi) is 25.6. The molecule has 0 fully saturated rings. The Morgan fingerprint density at radius 1 is 0.647 bits per heavy atom. The topological polar surface area (TPSA) is 90.6 Å². The summed E-state index contributed by atoms with van der Waals surface area (Å²) in [5.41, 5.74) is 5.62. The molecular weight excluding hydrogens is 428 g/mol. The molecule has 0 amide bonds. The molecule has 0 aromatic heterocycles. The summed E-state index contributed by atoms with van der Waals surface area (Å²) in [7, 11) is 0. The van der Waals surface area contributed by atoms with Gasteiger partial charge in [0, 0.05) is 18.9 Å². The van der Waals surface area contributed by atoms with E-state index in [1.165, 1.54) is 38.5 Å². The highest BCUT2D eigenvalue weighted by molar-refractivity contribution is 5.69. The van der Waals surface area contributed by atoms with Crippen LogP contribution in [0.2, 0.25) is 0 Å². The lowest BCUT2D eigenvalue weighted by molar-refractivity contribution is -0.144. The van der Waals surface area contributed by atoms with Crippen molar-refractivity contribution in [3.05, 3.63) is 0 Å². The molecular formula is C28H56N2O4. The highest BCUT2D eigenvalue weighted by Crippen LogP contribution is 2.12. The molecule has 6 heteroatoms. The number of esters is 2. The van der Waals surface area contributed by atoms with Crippen molar-refractivity contribution in [3.8, 4) is 0 Å². The standard InChI is InChI=1S/C28H56N2O4/c1-3-5-7-16-24-33-27(31)20-12-11-19-26(18-10-9-14-22-29)30-23-15-13-21-28(32)34-25-17-8-6-4-2/h26,30H,3-25,29H2,1-2H3. The molecule has 0 rings (SSSR count). The lowest BCUT2D eigenvalue weighted by Crippen LogP contribution is -2.30. The zero-order valence-corrected chi connectivity index (χ0v) is 22.6. The predicted molar refractivity (Wildman–Crippen MR) is 142 cm³/mol. The number of hydrogen-bond donors (Lipinski definition) is 2. The minimum absolute atomic E-state index is 0.0544. The first kappa shape index (κ1) is 32.9. The summed E-state index contributed by atoms with van der Waals surface area (Å²) in [4.78, 5) is 23.7. The number of nitrogens with two attached hydrogens (primary N) is 1. The van der Waals surface area contributed by atoms with E-state index in [1.54, 1.807) is 0 Å². The van der Waals surface area contributed by atoms with Gasteiger partial charge in [-0.25, -0.2) is 0 Å². The molecule has 1 unspecified atom stereocenters. The normalized spacial score (nSPS) is 12.0. The number of carbonyl (C=O) groups is 2. The van der Waals surface area contributed by atoms with Gasteiger partial charge in [-0.05, 0) is 64.5 Å². The van der Waals surface area contributed by atoms with Crippen molar-refractivity contribution < 1.29 is 19.1 Å². The average molecular weight is 485 g/mol. The number of ether oxygens (including phenoxy) is 2. The fraction of sp³-hybridized carbons (Fsp3) is 0.929. The second-order valence-electron chi connectivity index (χ2n) is 9.55.